The van der Waals surface area contributed by atoms with Gasteiger partial charge in [-0.05, 0) is 24.1 Å². The van der Waals surface area contributed by atoms with E-state index in [0.29, 0.717) is 6.42 Å². The van der Waals surface area contributed by atoms with E-state index >= 15 is 0 Å². The van der Waals surface area contributed by atoms with Crippen LogP contribution < -0.4 is 5.73 Å². The normalized spacial score (nSPS) is 11.0. The molecule has 4 heteroatoms. The van der Waals surface area contributed by atoms with E-state index in [1.54, 1.807) is 24.3 Å². The van der Waals surface area contributed by atoms with Crippen LogP contribution in [-0.2, 0) is 16.0 Å². The minimum atomic E-state index is -0.649. The van der Waals surface area contributed by atoms with E-state index in [1.165, 1.54) is 7.11 Å². The van der Waals surface area contributed by atoms with Crippen LogP contribution in [0.2, 0.25) is 0 Å². The van der Waals surface area contributed by atoms with Crippen molar-refractivity contribution >= 4 is 5.97 Å². The third-order valence-corrected chi connectivity index (χ3v) is 1.90. The molecule has 0 heterocycles. The second-order valence-electron chi connectivity index (χ2n) is 3.00. The molecule has 0 aliphatic heterocycles. The topological polar surface area (TPSA) is 72.5 Å². The second kappa shape index (κ2) is 7.70. The van der Waals surface area contributed by atoms with Crippen molar-refractivity contribution in [3.05, 3.63) is 29.8 Å². The second-order valence-corrected chi connectivity index (χ2v) is 3.00. The molecule has 0 fully saturated rings. The van der Waals surface area contributed by atoms with Gasteiger partial charge in [-0.15, -0.1) is 0 Å². The summed E-state index contributed by atoms with van der Waals surface area (Å²) in [5.41, 5.74) is 6.45. The maximum Gasteiger partial charge on any atom is 0.322 e. The Morgan fingerprint density at radius 3 is 2.31 bits per heavy atom. The number of phenolic OH excluding ortho intramolecular Hbond substituents is 1. The lowest BCUT2D eigenvalue weighted by Gasteiger charge is -2.08. The van der Waals surface area contributed by atoms with Crippen molar-refractivity contribution in [3.8, 4) is 5.75 Å². The molecule has 0 aromatic heterocycles. The van der Waals surface area contributed by atoms with E-state index in [2.05, 4.69) is 4.74 Å². The van der Waals surface area contributed by atoms with Crippen LogP contribution in [0.3, 0.4) is 0 Å². The summed E-state index contributed by atoms with van der Waals surface area (Å²) >= 11 is 0. The zero-order chi connectivity index (χ0) is 12.6. The summed E-state index contributed by atoms with van der Waals surface area (Å²) in [4.78, 5) is 11.0. The summed E-state index contributed by atoms with van der Waals surface area (Å²) in [6, 6.07) is 5.90. The Labute approximate surface area is 96.0 Å². The Morgan fingerprint density at radius 1 is 1.38 bits per heavy atom. The van der Waals surface area contributed by atoms with E-state index in [0.717, 1.165) is 5.56 Å². The van der Waals surface area contributed by atoms with Gasteiger partial charge in [0.05, 0.1) is 7.11 Å². The number of carbonyl (C=O) groups excluding carboxylic acids is 1. The largest absolute Gasteiger partial charge is 0.508 e. The fourth-order valence-electron chi connectivity index (χ4n) is 1.12. The van der Waals surface area contributed by atoms with Crippen molar-refractivity contribution in [1.82, 2.24) is 0 Å². The molecule has 0 aliphatic carbocycles. The van der Waals surface area contributed by atoms with Crippen LogP contribution in [0, 0.1) is 0 Å². The average Bonchev–Trinajstić information content (AvgIpc) is 2.33. The fraction of sp³-hybridized carbons (Fsp3) is 0.417. The molecule has 0 saturated carbocycles. The van der Waals surface area contributed by atoms with Crippen LogP contribution in [-0.4, -0.2) is 24.2 Å². The lowest BCUT2D eigenvalue weighted by atomic mass is 10.1. The zero-order valence-corrected chi connectivity index (χ0v) is 9.93. The predicted molar refractivity (Wildman–Crippen MR) is 63.2 cm³/mol. The quantitative estimate of drug-likeness (QED) is 0.764. The van der Waals surface area contributed by atoms with Crippen LogP contribution in [0.5, 0.6) is 5.75 Å². The number of ether oxygens (including phenoxy) is 1. The van der Waals surface area contributed by atoms with Gasteiger partial charge in [-0.25, -0.2) is 0 Å². The van der Waals surface area contributed by atoms with Crippen molar-refractivity contribution in [2.24, 2.45) is 5.73 Å². The highest BCUT2D eigenvalue weighted by molar-refractivity contribution is 5.75. The van der Waals surface area contributed by atoms with Gasteiger partial charge in [-0.2, -0.15) is 0 Å². The number of nitrogens with two attached hydrogens (primary N) is 1. The Morgan fingerprint density at radius 2 is 1.88 bits per heavy atom. The summed E-state index contributed by atoms with van der Waals surface area (Å²) in [5.74, 6) is -0.238. The Bertz CT molecular complexity index is 309. The maximum absolute atomic E-state index is 11.0. The molecule has 0 radical (unpaired) electrons. The molecule has 16 heavy (non-hydrogen) atoms. The highest BCUT2D eigenvalue weighted by atomic mass is 16.5. The van der Waals surface area contributed by atoms with Crippen LogP contribution in [0.15, 0.2) is 24.3 Å². The Kier molecular flexibility index (Phi) is 6.96. The van der Waals surface area contributed by atoms with Crippen molar-refractivity contribution in [3.63, 3.8) is 0 Å². The minimum absolute atomic E-state index is 0.195. The first-order chi connectivity index (χ1) is 7.63. The summed E-state index contributed by atoms with van der Waals surface area (Å²) in [6.07, 6.45) is 0.410. The molecule has 1 rings (SSSR count). The van der Waals surface area contributed by atoms with Gasteiger partial charge in [0.25, 0.3) is 0 Å². The number of benzene rings is 1. The van der Waals surface area contributed by atoms with Crippen LogP contribution >= 0.6 is 0 Å². The third kappa shape index (κ3) is 4.79. The predicted octanol–water partition coefficient (Wildman–Crippen LogP) is 1.46. The Hall–Kier alpha value is -1.55. The average molecular weight is 225 g/mol. The molecule has 1 aromatic rings. The summed E-state index contributed by atoms with van der Waals surface area (Å²) in [5, 5.41) is 9.02. The number of hydrogen-bond acceptors (Lipinski definition) is 4. The number of aromatic hydroxyl groups is 1. The van der Waals surface area contributed by atoms with Crippen molar-refractivity contribution in [2.45, 2.75) is 26.3 Å². The highest BCUT2D eigenvalue weighted by Crippen LogP contribution is 2.10. The molecule has 0 bridgehead atoms. The maximum atomic E-state index is 11.0. The van der Waals surface area contributed by atoms with E-state index in [1.807, 2.05) is 13.8 Å². The molecular weight excluding hydrogens is 206 g/mol. The van der Waals surface area contributed by atoms with Crippen molar-refractivity contribution in [1.29, 1.82) is 0 Å². The smallest absolute Gasteiger partial charge is 0.322 e. The monoisotopic (exact) mass is 225 g/mol. The minimum Gasteiger partial charge on any atom is -0.508 e. The van der Waals surface area contributed by atoms with Gasteiger partial charge in [0, 0.05) is 0 Å². The summed E-state index contributed by atoms with van der Waals surface area (Å²) in [7, 11) is 1.30. The van der Waals surface area contributed by atoms with Crippen molar-refractivity contribution in [2.75, 3.05) is 7.11 Å². The molecule has 90 valence electrons. The van der Waals surface area contributed by atoms with Gasteiger partial charge in [0.1, 0.15) is 11.8 Å². The SMILES string of the molecule is CC.COC(=O)C(N)Cc1ccc(O)cc1. The lowest BCUT2D eigenvalue weighted by Crippen LogP contribution is -2.33. The first kappa shape index (κ1) is 14.5. The van der Waals surface area contributed by atoms with Crippen LogP contribution in [0.25, 0.3) is 0 Å². The molecule has 1 unspecified atom stereocenters. The van der Waals surface area contributed by atoms with E-state index < -0.39 is 12.0 Å². The van der Waals surface area contributed by atoms with E-state index in [-0.39, 0.29) is 5.75 Å². The number of esters is 1. The van der Waals surface area contributed by atoms with E-state index in [9.17, 15) is 4.79 Å². The van der Waals surface area contributed by atoms with Crippen molar-refractivity contribution < 1.29 is 14.6 Å². The molecule has 0 amide bonds. The summed E-state index contributed by atoms with van der Waals surface area (Å²) < 4.78 is 4.49. The third-order valence-electron chi connectivity index (χ3n) is 1.90. The zero-order valence-electron chi connectivity index (χ0n) is 9.93. The highest BCUT2D eigenvalue weighted by Gasteiger charge is 2.13. The molecule has 0 aliphatic rings. The lowest BCUT2D eigenvalue weighted by molar-refractivity contribution is -0.142. The van der Waals surface area contributed by atoms with Gasteiger partial charge in [-0.1, -0.05) is 26.0 Å². The molecular formula is C12H19NO3. The number of phenols is 1. The number of methoxy groups -OCH3 is 1. The molecule has 3 N–H and O–H groups in total. The standard InChI is InChI=1S/C10H13NO3.C2H6/c1-14-10(13)9(11)6-7-2-4-8(12)5-3-7;1-2/h2-5,9,12H,6,11H2,1H3;1-2H3. The first-order valence-electron chi connectivity index (χ1n) is 5.25. The number of hydrogen-bond donors (Lipinski definition) is 2. The molecule has 0 spiro atoms. The van der Waals surface area contributed by atoms with Gasteiger partial charge in [-0.3, -0.25) is 4.79 Å². The van der Waals surface area contributed by atoms with Crippen LogP contribution in [0.1, 0.15) is 19.4 Å². The molecule has 4 nitrogen and oxygen atoms in total. The summed E-state index contributed by atoms with van der Waals surface area (Å²) in [6.45, 7) is 4.00. The first-order valence-corrected chi connectivity index (χ1v) is 5.25. The Balaban J connectivity index is 0.00000106. The number of carbonyl (C=O) groups is 1. The molecule has 1 aromatic carbocycles. The van der Waals surface area contributed by atoms with Gasteiger partial charge >= 0.3 is 5.97 Å². The fourth-order valence-corrected chi connectivity index (χ4v) is 1.12. The van der Waals surface area contributed by atoms with Crippen LogP contribution in [0.4, 0.5) is 0 Å². The number of rotatable bonds is 3. The molecule has 1 atom stereocenters. The van der Waals surface area contributed by atoms with Gasteiger partial charge in [0.2, 0.25) is 0 Å². The van der Waals surface area contributed by atoms with E-state index in [4.69, 9.17) is 10.8 Å². The molecule has 0 saturated heterocycles. The van der Waals surface area contributed by atoms with Gasteiger partial charge < -0.3 is 15.6 Å². The van der Waals surface area contributed by atoms with Gasteiger partial charge in [0.15, 0.2) is 0 Å².